The number of methoxy groups -OCH3 is 1. The van der Waals surface area contributed by atoms with Gasteiger partial charge in [0.1, 0.15) is 10.9 Å². The van der Waals surface area contributed by atoms with Crippen molar-refractivity contribution in [2.45, 2.75) is 19.8 Å². The predicted molar refractivity (Wildman–Crippen MR) is 78.6 cm³/mol. The highest BCUT2D eigenvalue weighted by Crippen LogP contribution is 2.43. The molecule has 2 aliphatic heterocycles. The van der Waals surface area contributed by atoms with Crippen molar-refractivity contribution in [3.8, 4) is 0 Å². The number of esters is 1. The van der Waals surface area contributed by atoms with E-state index in [0.29, 0.717) is 22.0 Å². The molecule has 2 fully saturated rings. The first kappa shape index (κ1) is 14.7. The van der Waals surface area contributed by atoms with E-state index >= 15 is 0 Å². The van der Waals surface area contributed by atoms with Crippen molar-refractivity contribution in [2.75, 3.05) is 38.2 Å². The first-order valence-corrected chi connectivity index (χ1v) is 7.54. The van der Waals surface area contributed by atoms with Crippen LogP contribution in [0.3, 0.4) is 0 Å². The molecule has 0 amide bonds. The van der Waals surface area contributed by atoms with Crippen LogP contribution in [0.5, 0.6) is 0 Å². The molecule has 1 unspecified atom stereocenters. The van der Waals surface area contributed by atoms with Gasteiger partial charge in [-0.2, -0.15) is 0 Å². The highest BCUT2D eigenvalue weighted by atomic mass is 35.5. The zero-order valence-corrected chi connectivity index (χ0v) is 13.2. The third kappa shape index (κ3) is 2.30. The molecule has 6 nitrogen and oxygen atoms in total. The van der Waals surface area contributed by atoms with Gasteiger partial charge in [-0.3, -0.25) is 4.79 Å². The normalized spacial score (nSPS) is 21.1. The van der Waals surface area contributed by atoms with Crippen LogP contribution in [0.2, 0.25) is 5.02 Å². The lowest BCUT2D eigenvalue weighted by Gasteiger charge is -2.56. The number of anilines is 1. The molecule has 0 aromatic carbocycles. The third-order valence-corrected chi connectivity index (χ3v) is 4.75. The Labute approximate surface area is 128 Å². The van der Waals surface area contributed by atoms with Crippen LogP contribution >= 0.6 is 11.6 Å². The summed E-state index contributed by atoms with van der Waals surface area (Å²) in [5.41, 5.74) is 0.377. The molecule has 2 saturated heterocycles. The monoisotopic (exact) mass is 313 g/mol. The second-order valence-electron chi connectivity index (χ2n) is 6.39. The molecule has 3 heterocycles. The summed E-state index contributed by atoms with van der Waals surface area (Å²) in [7, 11) is 1.37. The van der Waals surface area contributed by atoms with Gasteiger partial charge in [0.2, 0.25) is 0 Å². The minimum Gasteiger partial charge on any atom is -0.468 e. The molecule has 0 bridgehead atoms. The van der Waals surface area contributed by atoms with Crippen LogP contribution in [0.15, 0.2) is 4.52 Å². The number of carbonyl (C=O) groups excluding carboxylic acids is 1. The lowest BCUT2D eigenvalue weighted by molar-refractivity contribution is -0.144. The minimum atomic E-state index is -0.524. The van der Waals surface area contributed by atoms with Crippen molar-refractivity contribution >= 4 is 23.4 Å². The highest BCUT2D eigenvalue weighted by Gasteiger charge is 2.49. The Morgan fingerprint density at radius 1 is 1.48 bits per heavy atom. The fourth-order valence-electron chi connectivity index (χ4n) is 3.10. The number of hydrogen-bond acceptors (Lipinski definition) is 6. The fraction of sp³-hybridized carbons (Fsp3) is 0.714. The molecule has 1 atom stereocenters. The standard InChI is InChI=1S/C14H20ClN3O3/c1-8(2)9(13(19)20-3)11-10(15)12(17-21-11)18-6-14(7-18)4-16-5-14/h8-9,16H,4-7H2,1-3H3. The maximum atomic E-state index is 11.9. The Bertz CT molecular complexity index is 546. The van der Waals surface area contributed by atoms with Gasteiger partial charge >= 0.3 is 5.97 Å². The van der Waals surface area contributed by atoms with Gasteiger partial charge < -0.3 is 19.5 Å². The molecule has 0 radical (unpaired) electrons. The molecule has 116 valence electrons. The number of ether oxygens (including phenoxy) is 1. The topological polar surface area (TPSA) is 67.6 Å². The summed E-state index contributed by atoms with van der Waals surface area (Å²) in [5, 5.41) is 7.79. The van der Waals surface area contributed by atoms with Gasteiger partial charge in [0, 0.05) is 31.6 Å². The van der Waals surface area contributed by atoms with Gasteiger partial charge in [-0.25, -0.2) is 0 Å². The molecule has 1 N–H and O–H groups in total. The summed E-state index contributed by atoms with van der Waals surface area (Å²) >= 11 is 6.40. The van der Waals surface area contributed by atoms with E-state index in [2.05, 4.69) is 15.4 Å². The van der Waals surface area contributed by atoms with E-state index in [1.54, 1.807) is 0 Å². The second-order valence-corrected chi connectivity index (χ2v) is 6.77. The molecule has 21 heavy (non-hydrogen) atoms. The van der Waals surface area contributed by atoms with Crippen LogP contribution < -0.4 is 10.2 Å². The Balaban J connectivity index is 1.80. The molecule has 1 aromatic heterocycles. The van der Waals surface area contributed by atoms with E-state index in [4.69, 9.17) is 20.9 Å². The summed E-state index contributed by atoms with van der Waals surface area (Å²) in [6, 6.07) is 0. The average Bonchev–Trinajstić information content (AvgIpc) is 2.68. The van der Waals surface area contributed by atoms with Crippen LogP contribution in [0, 0.1) is 11.3 Å². The maximum absolute atomic E-state index is 11.9. The van der Waals surface area contributed by atoms with Gasteiger partial charge in [-0.15, -0.1) is 0 Å². The van der Waals surface area contributed by atoms with Crippen molar-refractivity contribution in [1.82, 2.24) is 10.5 Å². The fourth-order valence-corrected chi connectivity index (χ4v) is 3.40. The van der Waals surface area contributed by atoms with Crippen LogP contribution in [-0.4, -0.2) is 44.4 Å². The maximum Gasteiger partial charge on any atom is 0.316 e. The van der Waals surface area contributed by atoms with Crippen molar-refractivity contribution < 1.29 is 14.1 Å². The predicted octanol–water partition coefficient (Wildman–Crippen LogP) is 1.65. The lowest BCUT2D eigenvalue weighted by atomic mass is 9.74. The number of hydrogen-bond donors (Lipinski definition) is 1. The molecular weight excluding hydrogens is 294 g/mol. The van der Waals surface area contributed by atoms with Gasteiger partial charge in [0.25, 0.3) is 0 Å². The Morgan fingerprint density at radius 3 is 2.62 bits per heavy atom. The number of nitrogens with zero attached hydrogens (tertiary/aromatic N) is 2. The lowest BCUT2D eigenvalue weighted by Crippen LogP contribution is -2.71. The summed E-state index contributed by atoms with van der Waals surface area (Å²) < 4.78 is 10.2. The van der Waals surface area contributed by atoms with E-state index in [1.807, 2.05) is 13.8 Å². The Hall–Kier alpha value is -1.27. The van der Waals surface area contributed by atoms with Crippen molar-refractivity contribution in [3.63, 3.8) is 0 Å². The van der Waals surface area contributed by atoms with Gasteiger partial charge in [-0.05, 0) is 5.92 Å². The molecule has 0 saturated carbocycles. The number of halogens is 1. The number of rotatable bonds is 4. The average molecular weight is 314 g/mol. The molecule has 3 rings (SSSR count). The van der Waals surface area contributed by atoms with E-state index < -0.39 is 5.92 Å². The first-order chi connectivity index (χ1) is 9.97. The number of aromatic nitrogens is 1. The van der Waals surface area contributed by atoms with Crippen LogP contribution in [0.25, 0.3) is 0 Å². The molecule has 1 spiro atoms. The van der Waals surface area contributed by atoms with E-state index in [9.17, 15) is 4.79 Å². The molecular formula is C14H20ClN3O3. The summed E-state index contributed by atoms with van der Waals surface area (Å²) in [5.74, 6) is 0.191. The molecule has 7 heteroatoms. The van der Waals surface area contributed by atoms with Crippen LogP contribution in [0.4, 0.5) is 5.82 Å². The molecule has 0 aliphatic carbocycles. The highest BCUT2D eigenvalue weighted by molar-refractivity contribution is 6.33. The zero-order valence-electron chi connectivity index (χ0n) is 12.5. The SMILES string of the molecule is COC(=O)C(c1onc(N2CC3(CNC3)C2)c1Cl)C(C)C. The van der Waals surface area contributed by atoms with E-state index in [-0.39, 0.29) is 11.9 Å². The number of nitrogens with one attached hydrogen (secondary N) is 1. The summed E-state index contributed by atoms with van der Waals surface area (Å²) in [4.78, 5) is 14.0. The second kappa shape index (κ2) is 5.18. The van der Waals surface area contributed by atoms with E-state index in [1.165, 1.54) is 7.11 Å². The van der Waals surface area contributed by atoms with E-state index in [0.717, 1.165) is 26.2 Å². The van der Waals surface area contributed by atoms with Gasteiger partial charge in [0.15, 0.2) is 11.6 Å². The quantitative estimate of drug-likeness (QED) is 0.853. The summed E-state index contributed by atoms with van der Waals surface area (Å²) in [6.45, 7) is 7.80. The minimum absolute atomic E-state index is 0.0225. The van der Waals surface area contributed by atoms with Gasteiger partial charge in [0.05, 0.1) is 7.11 Å². The first-order valence-electron chi connectivity index (χ1n) is 7.16. The van der Waals surface area contributed by atoms with Crippen molar-refractivity contribution in [3.05, 3.63) is 10.8 Å². The van der Waals surface area contributed by atoms with Crippen molar-refractivity contribution in [2.24, 2.45) is 11.3 Å². The Morgan fingerprint density at radius 2 is 2.14 bits per heavy atom. The smallest absolute Gasteiger partial charge is 0.316 e. The largest absolute Gasteiger partial charge is 0.468 e. The third-order valence-electron chi connectivity index (χ3n) is 4.40. The van der Waals surface area contributed by atoms with Crippen LogP contribution in [-0.2, 0) is 9.53 Å². The molecule has 1 aromatic rings. The zero-order chi connectivity index (χ0) is 15.2. The number of carbonyl (C=O) groups is 1. The van der Waals surface area contributed by atoms with Gasteiger partial charge in [-0.1, -0.05) is 30.6 Å². The Kier molecular flexibility index (Phi) is 3.61. The summed E-state index contributed by atoms with van der Waals surface area (Å²) in [6.07, 6.45) is 0. The molecule has 2 aliphatic rings. The van der Waals surface area contributed by atoms with Crippen LogP contribution in [0.1, 0.15) is 25.5 Å². The van der Waals surface area contributed by atoms with Crippen molar-refractivity contribution in [1.29, 1.82) is 0 Å².